The number of halogens is 4. The number of anilines is 2. The highest BCUT2D eigenvalue weighted by Gasteiger charge is 2.31. The van der Waals surface area contributed by atoms with E-state index in [9.17, 15) is 30.8 Å². The maximum Gasteiger partial charge on any atom is 0.573 e. The monoisotopic (exact) mass is 420 g/mol. The number of ether oxygens (including phenoxy) is 1. The number of sulfonamides is 1. The maximum atomic E-state index is 13.1. The molecule has 2 rings (SSSR count). The molecule has 0 aromatic heterocycles. The van der Waals surface area contributed by atoms with Crippen molar-refractivity contribution in [1.29, 1.82) is 0 Å². The first-order valence-corrected chi connectivity index (χ1v) is 9.63. The van der Waals surface area contributed by atoms with Gasteiger partial charge in [0.05, 0.1) is 11.9 Å². The van der Waals surface area contributed by atoms with Gasteiger partial charge in [-0.25, -0.2) is 12.8 Å². The Kier molecular flexibility index (Phi) is 6.17. The highest BCUT2D eigenvalue weighted by Crippen LogP contribution is 2.25. The molecule has 1 atom stereocenters. The molecular formula is C17H16F4N2O4S. The summed E-state index contributed by atoms with van der Waals surface area (Å²) in [5.74, 6) is -1.78. The second-order valence-electron chi connectivity index (χ2n) is 5.77. The Labute approximate surface area is 158 Å². The average Bonchev–Trinajstić information content (AvgIpc) is 2.56. The number of benzene rings is 2. The summed E-state index contributed by atoms with van der Waals surface area (Å²) in [5, 5.41) is 2.41. The normalized spacial score (nSPS) is 12.9. The molecule has 2 aromatic rings. The van der Waals surface area contributed by atoms with Crippen molar-refractivity contribution >= 4 is 27.3 Å². The molecule has 0 saturated heterocycles. The van der Waals surface area contributed by atoms with Gasteiger partial charge >= 0.3 is 6.36 Å². The first-order chi connectivity index (χ1) is 12.9. The minimum Gasteiger partial charge on any atom is -0.406 e. The van der Waals surface area contributed by atoms with Gasteiger partial charge in [0.15, 0.2) is 0 Å². The van der Waals surface area contributed by atoms with Gasteiger partial charge in [-0.1, -0.05) is 0 Å². The zero-order valence-corrected chi connectivity index (χ0v) is 15.5. The smallest absolute Gasteiger partial charge is 0.406 e. The van der Waals surface area contributed by atoms with Gasteiger partial charge in [-0.05, 0) is 55.5 Å². The van der Waals surface area contributed by atoms with Gasteiger partial charge in [0, 0.05) is 5.69 Å². The van der Waals surface area contributed by atoms with Crippen LogP contribution in [0.3, 0.4) is 0 Å². The van der Waals surface area contributed by atoms with Crippen LogP contribution in [-0.2, 0) is 14.8 Å². The molecular weight excluding hydrogens is 404 g/mol. The molecule has 6 nitrogen and oxygen atoms in total. The third kappa shape index (κ3) is 5.84. The van der Waals surface area contributed by atoms with Crippen molar-refractivity contribution in [1.82, 2.24) is 0 Å². The zero-order valence-electron chi connectivity index (χ0n) is 14.7. The Morgan fingerprint density at radius 2 is 1.61 bits per heavy atom. The van der Waals surface area contributed by atoms with E-state index in [0.29, 0.717) is 0 Å². The van der Waals surface area contributed by atoms with E-state index in [1.165, 1.54) is 31.2 Å². The van der Waals surface area contributed by atoms with Crippen LogP contribution in [0.15, 0.2) is 48.5 Å². The van der Waals surface area contributed by atoms with Crippen molar-refractivity contribution in [2.24, 2.45) is 0 Å². The Hall–Kier alpha value is -2.82. The van der Waals surface area contributed by atoms with E-state index in [0.717, 1.165) is 34.8 Å². The number of alkyl halides is 3. The van der Waals surface area contributed by atoms with Gasteiger partial charge < -0.3 is 10.1 Å². The van der Waals surface area contributed by atoms with Crippen LogP contribution in [0.4, 0.5) is 28.9 Å². The highest BCUT2D eigenvalue weighted by atomic mass is 32.2. The summed E-state index contributed by atoms with van der Waals surface area (Å²) in [5.41, 5.74) is 0.222. The van der Waals surface area contributed by atoms with Gasteiger partial charge in [0.2, 0.25) is 15.9 Å². The minimum atomic E-state index is -4.84. The van der Waals surface area contributed by atoms with E-state index in [-0.39, 0.29) is 11.4 Å². The molecule has 0 aliphatic carbocycles. The molecule has 0 radical (unpaired) electrons. The van der Waals surface area contributed by atoms with Gasteiger partial charge in [-0.3, -0.25) is 9.10 Å². The summed E-state index contributed by atoms with van der Waals surface area (Å²) in [4.78, 5) is 12.5. The topological polar surface area (TPSA) is 75.7 Å². The number of hydrogen-bond donors (Lipinski definition) is 1. The number of nitrogens with zero attached hydrogens (tertiary/aromatic N) is 1. The van der Waals surface area contributed by atoms with E-state index in [4.69, 9.17) is 0 Å². The Morgan fingerprint density at radius 3 is 2.07 bits per heavy atom. The van der Waals surface area contributed by atoms with Crippen LogP contribution in [0.1, 0.15) is 6.92 Å². The first kappa shape index (κ1) is 21.5. The Morgan fingerprint density at radius 1 is 1.07 bits per heavy atom. The zero-order chi connectivity index (χ0) is 21.1. The van der Waals surface area contributed by atoms with Crippen LogP contribution in [-0.4, -0.2) is 33.0 Å². The molecule has 1 amide bonds. The van der Waals surface area contributed by atoms with Crippen molar-refractivity contribution in [2.45, 2.75) is 19.3 Å². The number of hydrogen-bond acceptors (Lipinski definition) is 4. The molecule has 0 spiro atoms. The van der Waals surface area contributed by atoms with Gasteiger partial charge in [-0.15, -0.1) is 13.2 Å². The highest BCUT2D eigenvalue weighted by molar-refractivity contribution is 7.92. The van der Waals surface area contributed by atoms with E-state index in [1.54, 1.807) is 0 Å². The van der Waals surface area contributed by atoms with Crippen molar-refractivity contribution in [2.75, 3.05) is 15.9 Å². The molecule has 28 heavy (non-hydrogen) atoms. The Bertz CT molecular complexity index is 929. The third-order valence-corrected chi connectivity index (χ3v) is 4.77. The van der Waals surface area contributed by atoms with Crippen LogP contribution in [0, 0.1) is 5.82 Å². The molecule has 0 fully saturated rings. The van der Waals surface area contributed by atoms with Gasteiger partial charge in [0.1, 0.15) is 17.6 Å². The summed E-state index contributed by atoms with van der Waals surface area (Å²) in [6.07, 6.45) is -3.95. The van der Waals surface area contributed by atoms with E-state index in [2.05, 4.69) is 10.1 Å². The van der Waals surface area contributed by atoms with E-state index in [1.807, 2.05) is 0 Å². The van der Waals surface area contributed by atoms with Gasteiger partial charge in [0.25, 0.3) is 0 Å². The number of amides is 1. The van der Waals surface area contributed by atoms with Gasteiger partial charge in [-0.2, -0.15) is 0 Å². The third-order valence-electron chi connectivity index (χ3n) is 3.53. The molecule has 2 aromatic carbocycles. The van der Waals surface area contributed by atoms with E-state index < -0.39 is 39.9 Å². The van der Waals surface area contributed by atoms with Crippen LogP contribution < -0.4 is 14.4 Å². The predicted molar refractivity (Wildman–Crippen MR) is 94.9 cm³/mol. The largest absolute Gasteiger partial charge is 0.573 e. The lowest BCUT2D eigenvalue weighted by Gasteiger charge is -2.28. The fraction of sp³-hybridized carbons (Fsp3) is 0.235. The van der Waals surface area contributed by atoms with Crippen molar-refractivity contribution < 1.29 is 35.5 Å². The van der Waals surface area contributed by atoms with Crippen LogP contribution in [0.25, 0.3) is 0 Å². The second-order valence-corrected chi connectivity index (χ2v) is 7.63. The molecule has 11 heteroatoms. The molecule has 0 aliphatic rings. The molecule has 0 aliphatic heterocycles. The summed E-state index contributed by atoms with van der Waals surface area (Å²) in [6, 6.07) is 7.67. The number of carbonyl (C=O) groups is 1. The average molecular weight is 420 g/mol. The van der Waals surface area contributed by atoms with Crippen LogP contribution in [0.5, 0.6) is 5.75 Å². The number of rotatable bonds is 6. The predicted octanol–water partition coefficient (Wildman–Crippen LogP) is 3.52. The SMILES string of the molecule is C[C@@H](C(=O)Nc1ccc(OC(F)(F)F)cc1)N(c1ccc(F)cc1)S(C)(=O)=O. The lowest BCUT2D eigenvalue weighted by molar-refractivity contribution is -0.274. The maximum absolute atomic E-state index is 13.1. The summed E-state index contributed by atoms with van der Waals surface area (Å²) < 4.78 is 78.4. The molecule has 0 saturated carbocycles. The summed E-state index contributed by atoms with van der Waals surface area (Å²) in [6.45, 7) is 1.32. The molecule has 1 N–H and O–H groups in total. The lowest BCUT2D eigenvalue weighted by Crippen LogP contribution is -2.45. The van der Waals surface area contributed by atoms with Crippen LogP contribution >= 0.6 is 0 Å². The quantitative estimate of drug-likeness (QED) is 0.726. The standard InChI is InChI=1S/C17H16F4N2O4S/c1-11(23(28(2,25)26)14-7-3-12(18)4-8-14)16(24)22-13-5-9-15(10-6-13)27-17(19,20)21/h3-11H,1-2H3,(H,22,24)/t11-/m0/s1. The molecule has 152 valence electrons. The van der Waals surface area contributed by atoms with Crippen molar-refractivity contribution in [3.8, 4) is 5.75 Å². The molecule has 0 heterocycles. The number of carbonyl (C=O) groups excluding carboxylic acids is 1. The summed E-state index contributed by atoms with van der Waals surface area (Å²) in [7, 11) is -3.89. The fourth-order valence-corrected chi connectivity index (χ4v) is 3.56. The second kappa shape index (κ2) is 8.05. The van der Waals surface area contributed by atoms with E-state index >= 15 is 0 Å². The van der Waals surface area contributed by atoms with Crippen molar-refractivity contribution in [3.63, 3.8) is 0 Å². The van der Waals surface area contributed by atoms with Crippen LogP contribution in [0.2, 0.25) is 0 Å². The lowest BCUT2D eigenvalue weighted by atomic mass is 10.2. The molecule has 0 bridgehead atoms. The first-order valence-electron chi connectivity index (χ1n) is 7.78. The minimum absolute atomic E-state index is 0.0838. The Balaban J connectivity index is 2.18. The fourth-order valence-electron chi connectivity index (χ4n) is 2.38. The molecule has 0 unspecified atom stereocenters. The number of nitrogens with one attached hydrogen (secondary N) is 1. The summed E-state index contributed by atoms with van der Waals surface area (Å²) >= 11 is 0. The van der Waals surface area contributed by atoms with Crippen molar-refractivity contribution in [3.05, 3.63) is 54.3 Å².